The van der Waals surface area contributed by atoms with Gasteiger partial charge in [0, 0.05) is 12.8 Å². The molecule has 2 rings (SSSR count). The topological polar surface area (TPSA) is 289 Å². The van der Waals surface area contributed by atoms with Gasteiger partial charge in [-0.2, -0.15) is 0 Å². The molecule has 9 N–H and O–H groups in total. The van der Waals surface area contributed by atoms with Crippen LogP contribution in [-0.4, -0.2) is 151 Å². The third-order valence-corrected chi connectivity index (χ3v) is 13.5. The number of unbranched alkanes of at least 4 members (excludes halogenated alkanes) is 22. The van der Waals surface area contributed by atoms with Gasteiger partial charge in [0.25, 0.3) is 0 Å². The van der Waals surface area contributed by atoms with Crippen LogP contribution in [0.2, 0.25) is 0 Å². The molecule has 1 aliphatic heterocycles. The van der Waals surface area contributed by atoms with Gasteiger partial charge in [-0.25, -0.2) is 4.57 Å². The SMILES string of the molecule is CCCCCC/C=C\CCCCCCCCCC(=O)OCC(COP(=O)(O)OC1C(O)C(O)C(O)C(O)C1OC1OC(CO)C(O)C(O)C1O)OC(=O)CCCCCCCCCCCCCC. The Kier molecular flexibility index (Phi) is 33.4. The lowest BCUT2D eigenvalue weighted by molar-refractivity contribution is -0.338. The summed E-state index contributed by atoms with van der Waals surface area (Å²) < 4.78 is 45.4. The second-order valence-electron chi connectivity index (χ2n) is 18.4. The van der Waals surface area contributed by atoms with Crippen molar-refractivity contribution in [1.29, 1.82) is 0 Å². The number of phosphoric ester groups is 1. The first-order valence-corrected chi connectivity index (χ1v) is 27.0. The Hall–Kier alpha value is -1.61. The summed E-state index contributed by atoms with van der Waals surface area (Å²) >= 11 is 0. The van der Waals surface area contributed by atoms with Crippen molar-refractivity contribution in [3.05, 3.63) is 12.2 Å². The monoisotopic (exact) mass is 985 g/mol. The molecule has 0 aromatic heterocycles. The van der Waals surface area contributed by atoms with Crippen LogP contribution in [0.1, 0.15) is 187 Å². The Morgan fingerprint density at radius 3 is 1.49 bits per heavy atom. The van der Waals surface area contributed by atoms with Crippen molar-refractivity contribution in [1.82, 2.24) is 0 Å². The van der Waals surface area contributed by atoms with Gasteiger partial charge in [-0.1, -0.05) is 148 Å². The van der Waals surface area contributed by atoms with Crippen molar-refractivity contribution in [2.24, 2.45) is 0 Å². The molecule has 1 aliphatic carbocycles. The fraction of sp³-hybridized carbons (Fsp3) is 0.917. The van der Waals surface area contributed by atoms with Crippen LogP contribution in [-0.2, 0) is 42.1 Å². The number of carbonyl (C=O) groups is 2. The maximum atomic E-state index is 13.4. The fourth-order valence-electron chi connectivity index (χ4n) is 8.23. The van der Waals surface area contributed by atoms with E-state index in [-0.39, 0.29) is 12.8 Å². The molecule has 13 unspecified atom stereocenters. The van der Waals surface area contributed by atoms with Crippen molar-refractivity contribution in [2.75, 3.05) is 19.8 Å². The molecule has 2 fully saturated rings. The number of carbonyl (C=O) groups excluding carboxylic acids is 2. The van der Waals surface area contributed by atoms with Crippen LogP contribution in [0, 0.1) is 0 Å². The van der Waals surface area contributed by atoms with E-state index < -0.39 is 113 Å². The van der Waals surface area contributed by atoms with E-state index in [2.05, 4.69) is 26.0 Å². The number of aliphatic hydroxyl groups excluding tert-OH is 8. The van der Waals surface area contributed by atoms with Gasteiger partial charge >= 0.3 is 19.8 Å². The van der Waals surface area contributed by atoms with Crippen LogP contribution < -0.4 is 0 Å². The Morgan fingerprint density at radius 2 is 0.985 bits per heavy atom. The molecule has 0 aromatic carbocycles. The van der Waals surface area contributed by atoms with Gasteiger partial charge in [0.15, 0.2) is 12.4 Å². The van der Waals surface area contributed by atoms with E-state index in [0.717, 1.165) is 77.0 Å². The second kappa shape index (κ2) is 36.3. The summed E-state index contributed by atoms with van der Waals surface area (Å²) in [6.45, 7) is 2.21. The van der Waals surface area contributed by atoms with Crippen LogP contribution in [0.3, 0.4) is 0 Å². The largest absolute Gasteiger partial charge is 0.472 e. The average molecular weight is 985 g/mol. The number of ether oxygens (including phenoxy) is 4. The molecular formula is C48H89O18P. The predicted molar refractivity (Wildman–Crippen MR) is 249 cm³/mol. The summed E-state index contributed by atoms with van der Waals surface area (Å²) in [7, 11) is -5.37. The maximum absolute atomic E-state index is 13.4. The van der Waals surface area contributed by atoms with Crippen molar-refractivity contribution in [2.45, 2.75) is 261 Å². The third-order valence-electron chi connectivity index (χ3n) is 12.5. The number of phosphoric acid groups is 1. The van der Waals surface area contributed by atoms with E-state index in [9.17, 15) is 59.9 Å². The standard InChI is InChI=1S/C48H89O18P/c1-3-5-7-9-11-13-15-17-18-19-21-22-24-26-28-30-37(50)61-33-35(63-38(51)31-29-27-25-23-20-16-14-12-10-8-6-4-2)34-62-67(59,60)66-47-44(57)42(55)41(54)43(56)46(47)65-48-45(58)40(53)39(52)36(32-49)64-48/h13,15,35-36,39-49,52-58H,3-12,14,16-34H2,1-2H3,(H,59,60)/b15-13-. The summed E-state index contributed by atoms with van der Waals surface area (Å²) in [5, 5.41) is 82.9. The van der Waals surface area contributed by atoms with Crippen molar-refractivity contribution < 1.29 is 87.9 Å². The first kappa shape index (κ1) is 61.5. The van der Waals surface area contributed by atoms with Gasteiger partial charge in [0.05, 0.1) is 13.2 Å². The summed E-state index contributed by atoms with van der Waals surface area (Å²) in [6.07, 6.45) is 8.68. The summed E-state index contributed by atoms with van der Waals surface area (Å²) in [6, 6.07) is 0. The zero-order valence-corrected chi connectivity index (χ0v) is 41.3. The highest BCUT2D eigenvalue weighted by Crippen LogP contribution is 2.48. The minimum Gasteiger partial charge on any atom is -0.462 e. The van der Waals surface area contributed by atoms with E-state index in [0.29, 0.717) is 12.8 Å². The molecule has 18 nitrogen and oxygen atoms in total. The molecule has 0 spiro atoms. The van der Waals surface area contributed by atoms with E-state index in [1.165, 1.54) is 70.6 Å². The molecule has 67 heavy (non-hydrogen) atoms. The summed E-state index contributed by atoms with van der Waals surface area (Å²) in [4.78, 5) is 36.5. The zero-order valence-electron chi connectivity index (χ0n) is 40.4. The van der Waals surface area contributed by atoms with Gasteiger partial charge < -0.3 is 64.7 Å². The number of aliphatic hydroxyl groups is 8. The number of esters is 2. The molecular weight excluding hydrogens is 895 g/mol. The van der Waals surface area contributed by atoms with Crippen molar-refractivity contribution >= 4 is 19.8 Å². The molecule has 1 saturated carbocycles. The van der Waals surface area contributed by atoms with Gasteiger partial charge in [-0.15, -0.1) is 0 Å². The van der Waals surface area contributed by atoms with Gasteiger partial charge in [0.1, 0.15) is 67.6 Å². The van der Waals surface area contributed by atoms with E-state index in [1.54, 1.807) is 0 Å². The molecule has 19 heteroatoms. The summed E-state index contributed by atoms with van der Waals surface area (Å²) in [5.74, 6) is -1.22. The number of rotatable bonds is 39. The Labute approximate surface area is 399 Å². The number of allylic oxidation sites excluding steroid dienone is 2. The van der Waals surface area contributed by atoms with Crippen LogP contribution in [0.15, 0.2) is 12.2 Å². The Balaban J connectivity index is 1.94. The van der Waals surface area contributed by atoms with Crippen LogP contribution in [0.25, 0.3) is 0 Å². The van der Waals surface area contributed by atoms with Gasteiger partial charge in [-0.3, -0.25) is 18.6 Å². The van der Waals surface area contributed by atoms with E-state index in [4.69, 9.17) is 28.0 Å². The van der Waals surface area contributed by atoms with Crippen LogP contribution in [0.4, 0.5) is 0 Å². The Bertz CT molecular complexity index is 1360. The van der Waals surface area contributed by atoms with Crippen molar-refractivity contribution in [3.63, 3.8) is 0 Å². The molecule has 0 amide bonds. The molecule has 1 heterocycles. The first-order chi connectivity index (χ1) is 32.2. The van der Waals surface area contributed by atoms with E-state index >= 15 is 0 Å². The highest BCUT2D eigenvalue weighted by atomic mass is 31.2. The average Bonchev–Trinajstić information content (AvgIpc) is 3.31. The lowest BCUT2D eigenvalue weighted by Crippen LogP contribution is -2.67. The number of hydrogen-bond donors (Lipinski definition) is 9. The minimum atomic E-state index is -5.37. The normalized spacial score (nSPS) is 28.1. The van der Waals surface area contributed by atoms with Gasteiger partial charge in [0.2, 0.25) is 0 Å². The number of hydrogen-bond acceptors (Lipinski definition) is 17. The quantitative estimate of drug-likeness (QED) is 0.0154. The molecule has 0 aromatic rings. The minimum absolute atomic E-state index is 0.0360. The van der Waals surface area contributed by atoms with Crippen LogP contribution in [0.5, 0.6) is 0 Å². The zero-order chi connectivity index (χ0) is 49.5. The fourth-order valence-corrected chi connectivity index (χ4v) is 9.20. The second-order valence-corrected chi connectivity index (χ2v) is 19.8. The molecule has 394 valence electrons. The highest BCUT2D eigenvalue weighted by molar-refractivity contribution is 7.47. The maximum Gasteiger partial charge on any atom is 0.472 e. The Morgan fingerprint density at radius 1 is 0.552 bits per heavy atom. The summed E-state index contributed by atoms with van der Waals surface area (Å²) in [5.41, 5.74) is 0. The lowest BCUT2D eigenvalue weighted by atomic mass is 9.84. The molecule has 1 saturated heterocycles. The van der Waals surface area contributed by atoms with E-state index in [1.807, 2.05) is 0 Å². The first-order valence-electron chi connectivity index (χ1n) is 25.5. The predicted octanol–water partition coefficient (Wildman–Crippen LogP) is 5.71. The highest BCUT2D eigenvalue weighted by Gasteiger charge is 2.55. The van der Waals surface area contributed by atoms with Crippen LogP contribution >= 0.6 is 7.82 Å². The third kappa shape index (κ3) is 25.4. The lowest BCUT2D eigenvalue weighted by Gasteiger charge is -2.47. The van der Waals surface area contributed by atoms with Crippen molar-refractivity contribution in [3.8, 4) is 0 Å². The van der Waals surface area contributed by atoms with Gasteiger partial charge in [-0.05, 0) is 38.5 Å². The smallest absolute Gasteiger partial charge is 0.462 e. The molecule has 2 aliphatic rings. The molecule has 0 radical (unpaired) electrons. The molecule has 13 atom stereocenters. The molecule has 0 bridgehead atoms.